The number of anilines is 1. The minimum Gasteiger partial charge on any atom is -0.495 e. The van der Waals surface area contributed by atoms with Crippen LogP contribution < -0.4 is 15.2 Å². The molecule has 1 aliphatic rings. The number of methoxy groups -OCH3 is 1. The zero-order valence-electron chi connectivity index (χ0n) is 17.7. The molecule has 1 aliphatic heterocycles. The van der Waals surface area contributed by atoms with Crippen LogP contribution in [-0.2, 0) is 6.54 Å². The van der Waals surface area contributed by atoms with E-state index in [4.69, 9.17) is 15.2 Å². The van der Waals surface area contributed by atoms with Crippen LogP contribution in [0.2, 0.25) is 0 Å². The summed E-state index contributed by atoms with van der Waals surface area (Å²) in [6.07, 6.45) is 1.75. The second-order valence-electron chi connectivity index (χ2n) is 7.74. The predicted molar refractivity (Wildman–Crippen MR) is 125 cm³/mol. The van der Waals surface area contributed by atoms with Gasteiger partial charge in [-0.1, -0.05) is 36.4 Å². The molecule has 1 aromatic heterocycles. The molecule has 1 amide bonds. The van der Waals surface area contributed by atoms with E-state index in [1.807, 2.05) is 65.6 Å². The lowest BCUT2D eigenvalue weighted by atomic mass is 10.0. The van der Waals surface area contributed by atoms with Crippen molar-refractivity contribution in [2.75, 3.05) is 26.0 Å². The van der Waals surface area contributed by atoms with Crippen LogP contribution in [0.4, 0.5) is 5.82 Å². The molecule has 6 heteroatoms. The number of benzene rings is 3. The molecule has 5 rings (SSSR count). The number of nitrogens with zero attached hydrogens (tertiary/aromatic N) is 2. The van der Waals surface area contributed by atoms with E-state index in [1.54, 1.807) is 19.4 Å². The Balaban J connectivity index is 1.49. The van der Waals surface area contributed by atoms with Gasteiger partial charge in [0.25, 0.3) is 5.91 Å². The molecule has 2 N–H and O–H groups in total. The van der Waals surface area contributed by atoms with Gasteiger partial charge >= 0.3 is 0 Å². The molecular weight excluding hydrogens is 402 g/mol. The Morgan fingerprint density at radius 2 is 1.91 bits per heavy atom. The van der Waals surface area contributed by atoms with Crippen LogP contribution in [0, 0.1) is 0 Å². The van der Waals surface area contributed by atoms with Gasteiger partial charge in [-0.3, -0.25) is 4.79 Å². The van der Waals surface area contributed by atoms with Gasteiger partial charge in [0, 0.05) is 29.3 Å². The second kappa shape index (κ2) is 8.23. The number of aromatic nitrogens is 1. The van der Waals surface area contributed by atoms with E-state index in [2.05, 4.69) is 4.98 Å². The summed E-state index contributed by atoms with van der Waals surface area (Å²) in [5, 5.41) is 1.96. The third-order valence-electron chi connectivity index (χ3n) is 5.76. The summed E-state index contributed by atoms with van der Waals surface area (Å²) in [6, 6.07) is 21.4. The summed E-state index contributed by atoms with van der Waals surface area (Å²) >= 11 is 0. The molecule has 0 bridgehead atoms. The summed E-state index contributed by atoms with van der Waals surface area (Å²) in [5.74, 6) is 1.79. The largest absolute Gasteiger partial charge is 0.495 e. The molecule has 6 nitrogen and oxygen atoms in total. The van der Waals surface area contributed by atoms with E-state index in [1.165, 1.54) is 0 Å². The fraction of sp³-hybridized carbons (Fsp3) is 0.154. The van der Waals surface area contributed by atoms with Crippen LogP contribution in [-0.4, -0.2) is 36.1 Å². The summed E-state index contributed by atoms with van der Waals surface area (Å²) in [4.78, 5) is 19.5. The number of fused-ring (bicyclic) bond motifs is 2. The number of carbonyl (C=O) groups excluding carboxylic acids is 1. The number of hydrogen-bond donors (Lipinski definition) is 1. The van der Waals surface area contributed by atoms with Crippen molar-refractivity contribution in [1.29, 1.82) is 0 Å². The molecule has 0 saturated heterocycles. The van der Waals surface area contributed by atoms with E-state index < -0.39 is 0 Å². The minimum absolute atomic E-state index is 0.0800. The fourth-order valence-electron chi connectivity index (χ4n) is 4.12. The Hall–Kier alpha value is -4.06. The number of carbonyl (C=O) groups is 1. The third kappa shape index (κ3) is 3.60. The van der Waals surface area contributed by atoms with Crippen LogP contribution in [0.1, 0.15) is 15.9 Å². The number of rotatable bonds is 3. The first kappa shape index (κ1) is 19.9. The van der Waals surface area contributed by atoms with Crippen LogP contribution in [0.5, 0.6) is 11.5 Å². The van der Waals surface area contributed by atoms with Gasteiger partial charge < -0.3 is 20.1 Å². The first-order chi connectivity index (χ1) is 15.6. The minimum atomic E-state index is -0.0800. The zero-order valence-corrected chi connectivity index (χ0v) is 17.7. The number of nitrogen functional groups attached to an aromatic ring is 1. The maximum atomic E-state index is 13.5. The quantitative estimate of drug-likeness (QED) is 0.522. The van der Waals surface area contributed by atoms with E-state index in [0.29, 0.717) is 36.8 Å². The summed E-state index contributed by atoms with van der Waals surface area (Å²) in [5.41, 5.74) is 9.17. The van der Waals surface area contributed by atoms with Crippen molar-refractivity contribution in [3.8, 4) is 22.6 Å². The van der Waals surface area contributed by atoms with Crippen LogP contribution in [0.25, 0.3) is 21.9 Å². The van der Waals surface area contributed by atoms with Crippen molar-refractivity contribution in [3.05, 3.63) is 84.1 Å². The highest BCUT2D eigenvalue weighted by atomic mass is 16.5. The normalized spacial score (nSPS) is 13.2. The van der Waals surface area contributed by atoms with E-state index in [9.17, 15) is 4.79 Å². The average Bonchev–Trinajstić information content (AvgIpc) is 3.05. The van der Waals surface area contributed by atoms with Gasteiger partial charge in [0.2, 0.25) is 0 Å². The standard InChI is InChI=1S/C26H23N3O3/c1-31-25-21-5-3-2-4-17(21)6-9-22(25)26(30)29-12-13-32-23-10-7-18(14-20(23)16-29)19-8-11-24(27)28-15-19/h2-11,14-15H,12-13,16H2,1H3,(H2,27,28). The first-order valence-electron chi connectivity index (χ1n) is 10.5. The maximum absolute atomic E-state index is 13.5. The fourth-order valence-corrected chi connectivity index (χ4v) is 4.12. The van der Waals surface area contributed by atoms with Crippen molar-refractivity contribution in [3.63, 3.8) is 0 Å². The Kier molecular flexibility index (Phi) is 5.11. The Bertz CT molecular complexity index is 1300. The van der Waals surface area contributed by atoms with E-state index in [0.717, 1.165) is 33.2 Å². The van der Waals surface area contributed by atoms with Crippen molar-refractivity contribution < 1.29 is 14.3 Å². The lowest BCUT2D eigenvalue weighted by molar-refractivity contribution is 0.0730. The van der Waals surface area contributed by atoms with Gasteiger partial charge in [0.1, 0.15) is 23.9 Å². The highest BCUT2D eigenvalue weighted by molar-refractivity contribution is 6.03. The number of pyridine rings is 1. The maximum Gasteiger partial charge on any atom is 0.258 e. The van der Waals surface area contributed by atoms with Crippen molar-refractivity contribution in [1.82, 2.24) is 9.88 Å². The second-order valence-corrected chi connectivity index (χ2v) is 7.74. The smallest absolute Gasteiger partial charge is 0.258 e. The molecular formula is C26H23N3O3. The Morgan fingerprint density at radius 1 is 1.06 bits per heavy atom. The van der Waals surface area contributed by atoms with Crippen molar-refractivity contribution in [2.24, 2.45) is 0 Å². The lowest BCUT2D eigenvalue weighted by Crippen LogP contribution is -2.32. The summed E-state index contributed by atoms with van der Waals surface area (Å²) in [6.45, 7) is 1.36. The molecule has 160 valence electrons. The van der Waals surface area contributed by atoms with Crippen LogP contribution in [0.15, 0.2) is 72.9 Å². The number of amides is 1. The van der Waals surface area contributed by atoms with Gasteiger partial charge in [-0.15, -0.1) is 0 Å². The first-order valence-corrected chi connectivity index (χ1v) is 10.5. The lowest BCUT2D eigenvalue weighted by Gasteiger charge is -2.22. The molecule has 0 saturated carbocycles. The van der Waals surface area contributed by atoms with Crippen LogP contribution in [0.3, 0.4) is 0 Å². The third-order valence-corrected chi connectivity index (χ3v) is 5.76. The van der Waals surface area contributed by atoms with Crippen molar-refractivity contribution >= 4 is 22.5 Å². The number of hydrogen-bond acceptors (Lipinski definition) is 5. The van der Waals surface area contributed by atoms with Gasteiger partial charge in [0.05, 0.1) is 19.2 Å². The van der Waals surface area contributed by atoms with Crippen molar-refractivity contribution in [2.45, 2.75) is 6.54 Å². The number of nitrogens with two attached hydrogens (primary N) is 1. The monoisotopic (exact) mass is 425 g/mol. The molecule has 0 aliphatic carbocycles. The SMILES string of the molecule is COc1c(C(=O)N2CCOc3ccc(-c4ccc(N)nc4)cc3C2)ccc2ccccc12. The molecule has 0 spiro atoms. The molecule has 0 radical (unpaired) electrons. The Labute approximate surface area is 186 Å². The molecule has 0 atom stereocenters. The summed E-state index contributed by atoms with van der Waals surface area (Å²) in [7, 11) is 1.60. The Morgan fingerprint density at radius 3 is 2.72 bits per heavy atom. The van der Waals surface area contributed by atoms with Gasteiger partial charge in [0.15, 0.2) is 0 Å². The topological polar surface area (TPSA) is 77.7 Å². The van der Waals surface area contributed by atoms with E-state index >= 15 is 0 Å². The van der Waals surface area contributed by atoms with Crippen LogP contribution >= 0.6 is 0 Å². The highest BCUT2D eigenvalue weighted by Gasteiger charge is 2.24. The predicted octanol–water partition coefficient (Wildman–Crippen LogP) is 4.53. The molecule has 32 heavy (non-hydrogen) atoms. The average molecular weight is 425 g/mol. The number of ether oxygens (including phenoxy) is 2. The highest BCUT2D eigenvalue weighted by Crippen LogP contribution is 2.33. The van der Waals surface area contributed by atoms with Gasteiger partial charge in [-0.25, -0.2) is 4.98 Å². The molecule has 4 aromatic rings. The molecule has 2 heterocycles. The van der Waals surface area contributed by atoms with E-state index in [-0.39, 0.29) is 5.91 Å². The molecule has 3 aromatic carbocycles. The molecule has 0 unspecified atom stereocenters. The van der Waals surface area contributed by atoms with Gasteiger partial charge in [-0.05, 0) is 41.3 Å². The summed E-state index contributed by atoms with van der Waals surface area (Å²) < 4.78 is 11.6. The van der Waals surface area contributed by atoms with Gasteiger partial charge in [-0.2, -0.15) is 0 Å². The zero-order chi connectivity index (χ0) is 22.1. The molecule has 0 fully saturated rings.